The number of aromatic nitrogens is 5. The average Bonchev–Trinajstić information content (AvgIpc) is 3.56. The van der Waals surface area contributed by atoms with Crippen molar-refractivity contribution in [2.75, 3.05) is 5.32 Å². The fourth-order valence-corrected chi connectivity index (χ4v) is 3.20. The normalized spacial score (nSPS) is 10.8. The van der Waals surface area contributed by atoms with Gasteiger partial charge in [-0.1, -0.05) is 5.16 Å². The quantitative estimate of drug-likeness (QED) is 0.406. The molecule has 0 radical (unpaired) electrons. The standard InChI is InChI=1S/C23H18N6O4/c1-14-10-15(2)29(27-14)21-12-22(25-13-24-21)32-17-7-5-16(6-8-17)26-23(30)18-11-20(33-28-18)19-4-3-9-31-19/h3-13H,1-2H3,(H,26,30). The molecule has 0 bridgehead atoms. The van der Waals surface area contributed by atoms with Gasteiger partial charge in [0.2, 0.25) is 11.6 Å². The maximum absolute atomic E-state index is 12.5. The molecule has 0 unspecified atom stereocenters. The molecular formula is C23H18N6O4. The van der Waals surface area contributed by atoms with Gasteiger partial charge in [0.05, 0.1) is 12.0 Å². The van der Waals surface area contributed by atoms with Gasteiger partial charge < -0.3 is 19.0 Å². The lowest BCUT2D eigenvalue weighted by atomic mass is 10.2. The van der Waals surface area contributed by atoms with Crippen LogP contribution in [0.3, 0.4) is 0 Å². The van der Waals surface area contributed by atoms with E-state index in [1.807, 2.05) is 19.9 Å². The first-order chi connectivity index (χ1) is 16.0. The number of nitrogens with one attached hydrogen (secondary N) is 1. The fraction of sp³-hybridized carbons (Fsp3) is 0.0870. The number of benzene rings is 1. The first kappa shape index (κ1) is 20.2. The summed E-state index contributed by atoms with van der Waals surface area (Å²) in [5, 5.41) is 11.0. The van der Waals surface area contributed by atoms with Crippen LogP contribution in [0.2, 0.25) is 0 Å². The molecule has 5 aromatic rings. The lowest BCUT2D eigenvalue weighted by Gasteiger charge is -2.08. The van der Waals surface area contributed by atoms with Gasteiger partial charge in [0.1, 0.15) is 12.1 Å². The highest BCUT2D eigenvalue weighted by Gasteiger charge is 2.15. The third kappa shape index (κ3) is 4.35. The summed E-state index contributed by atoms with van der Waals surface area (Å²) >= 11 is 0. The first-order valence-corrected chi connectivity index (χ1v) is 10.0. The Hall–Kier alpha value is -4.73. The second-order valence-electron chi connectivity index (χ2n) is 7.19. The second kappa shape index (κ2) is 8.42. The maximum atomic E-state index is 12.5. The number of carbonyl (C=O) groups is 1. The van der Waals surface area contributed by atoms with Crippen molar-refractivity contribution in [3.05, 3.63) is 84.3 Å². The van der Waals surface area contributed by atoms with Crippen LogP contribution in [0.4, 0.5) is 5.69 Å². The summed E-state index contributed by atoms with van der Waals surface area (Å²) in [5.41, 5.74) is 2.56. The zero-order valence-corrected chi connectivity index (χ0v) is 17.7. The Kier molecular flexibility index (Phi) is 5.15. The van der Waals surface area contributed by atoms with Gasteiger partial charge in [-0.3, -0.25) is 4.79 Å². The molecule has 0 saturated heterocycles. The van der Waals surface area contributed by atoms with Crippen LogP contribution < -0.4 is 10.1 Å². The number of nitrogens with zero attached hydrogens (tertiary/aromatic N) is 5. The molecular weight excluding hydrogens is 424 g/mol. The highest BCUT2D eigenvalue weighted by molar-refractivity contribution is 6.03. The number of rotatable bonds is 6. The summed E-state index contributed by atoms with van der Waals surface area (Å²) in [5.74, 6) is 1.99. The summed E-state index contributed by atoms with van der Waals surface area (Å²) < 4.78 is 18.0. The molecule has 1 aromatic carbocycles. The molecule has 164 valence electrons. The van der Waals surface area contributed by atoms with Crippen molar-refractivity contribution in [1.29, 1.82) is 0 Å². The lowest BCUT2D eigenvalue weighted by molar-refractivity contribution is 0.101. The Labute approximate surface area is 187 Å². The van der Waals surface area contributed by atoms with Crippen LogP contribution in [-0.4, -0.2) is 30.8 Å². The Morgan fingerprint density at radius 1 is 1.03 bits per heavy atom. The number of amides is 1. The minimum Gasteiger partial charge on any atom is -0.461 e. The van der Waals surface area contributed by atoms with E-state index in [0.29, 0.717) is 34.7 Å². The molecule has 10 heteroatoms. The molecule has 0 aliphatic rings. The molecule has 33 heavy (non-hydrogen) atoms. The van der Waals surface area contributed by atoms with Gasteiger partial charge in [0.25, 0.3) is 5.91 Å². The topological polar surface area (TPSA) is 121 Å². The molecule has 10 nitrogen and oxygen atoms in total. The average molecular weight is 442 g/mol. The van der Waals surface area contributed by atoms with Crippen molar-refractivity contribution in [2.24, 2.45) is 0 Å². The number of carbonyl (C=O) groups excluding carboxylic acids is 1. The van der Waals surface area contributed by atoms with Crippen LogP contribution in [0.1, 0.15) is 21.9 Å². The Bertz CT molecular complexity index is 1400. The third-order valence-corrected chi connectivity index (χ3v) is 4.70. The van der Waals surface area contributed by atoms with Gasteiger partial charge in [-0.25, -0.2) is 14.6 Å². The van der Waals surface area contributed by atoms with Gasteiger partial charge in [0, 0.05) is 23.5 Å². The SMILES string of the molecule is Cc1cc(C)n(-c2cc(Oc3ccc(NC(=O)c4cc(-c5ccco5)on4)cc3)ncn2)n1. The van der Waals surface area contributed by atoms with Crippen molar-refractivity contribution >= 4 is 11.6 Å². The Morgan fingerprint density at radius 3 is 2.61 bits per heavy atom. The smallest absolute Gasteiger partial charge is 0.277 e. The summed E-state index contributed by atoms with van der Waals surface area (Å²) in [6.07, 6.45) is 2.94. The van der Waals surface area contributed by atoms with Crippen LogP contribution in [0.25, 0.3) is 17.3 Å². The van der Waals surface area contributed by atoms with Crippen molar-refractivity contribution < 1.29 is 18.5 Å². The number of hydrogen-bond acceptors (Lipinski definition) is 8. The predicted octanol–water partition coefficient (Wildman–Crippen LogP) is 4.57. The molecule has 0 aliphatic heterocycles. The molecule has 1 N–H and O–H groups in total. The van der Waals surface area contributed by atoms with E-state index in [4.69, 9.17) is 13.7 Å². The van der Waals surface area contributed by atoms with Gasteiger partial charge in [-0.15, -0.1) is 0 Å². The molecule has 0 spiro atoms. The second-order valence-corrected chi connectivity index (χ2v) is 7.19. The van der Waals surface area contributed by atoms with Gasteiger partial charge in [-0.2, -0.15) is 5.10 Å². The van der Waals surface area contributed by atoms with E-state index in [1.165, 1.54) is 18.7 Å². The van der Waals surface area contributed by atoms with E-state index in [0.717, 1.165) is 11.4 Å². The third-order valence-electron chi connectivity index (χ3n) is 4.70. The Morgan fingerprint density at radius 2 is 1.88 bits per heavy atom. The summed E-state index contributed by atoms with van der Waals surface area (Å²) in [4.78, 5) is 20.9. The minimum absolute atomic E-state index is 0.138. The van der Waals surface area contributed by atoms with E-state index in [-0.39, 0.29) is 5.69 Å². The fourth-order valence-electron chi connectivity index (χ4n) is 3.20. The Balaban J connectivity index is 1.25. The van der Waals surface area contributed by atoms with Crippen LogP contribution >= 0.6 is 0 Å². The van der Waals surface area contributed by atoms with E-state index in [9.17, 15) is 4.79 Å². The monoisotopic (exact) mass is 442 g/mol. The largest absolute Gasteiger partial charge is 0.461 e. The highest BCUT2D eigenvalue weighted by atomic mass is 16.5. The number of furan rings is 1. The highest BCUT2D eigenvalue weighted by Crippen LogP contribution is 2.24. The predicted molar refractivity (Wildman–Crippen MR) is 117 cm³/mol. The summed E-state index contributed by atoms with van der Waals surface area (Å²) in [6.45, 7) is 3.87. The molecule has 5 rings (SSSR count). The zero-order chi connectivity index (χ0) is 22.8. The molecule has 4 aromatic heterocycles. The summed E-state index contributed by atoms with van der Waals surface area (Å²) in [6, 6.07) is 15.5. The lowest BCUT2D eigenvalue weighted by Crippen LogP contribution is -2.11. The molecule has 0 fully saturated rings. The van der Waals surface area contributed by atoms with Gasteiger partial charge >= 0.3 is 0 Å². The number of hydrogen-bond donors (Lipinski definition) is 1. The van der Waals surface area contributed by atoms with Crippen molar-refractivity contribution in [3.8, 4) is 29.0 Å². The summed E-state index contributed by atoms with van der Waals surface area (Å²) in [7, 11) is 0. The first-order valence-electron chi connectivity index (χ1n) is 10.0. The van der Waals surface area contributed by atoms with E-state index < -0.39 is 5.91 Å². The van der Waals surface area contributed by atoms with Crippen LogP contribution in [0, 0.1) is 13.8 Å². The molecule has 0 aliphatic carbocycles. The molecule has 4 heterocycles. The molecule has 0 saturated carbocycles. The van der Waals surface area contributed by atoms with Crippen molar-refractivity contribution in [2.45, 2.75) is 13.8 Å². The zero-order valence-electron chi connectivity index (χ0n) is 17.7. The molecule has 1 amide bonds. The van der Waals surface area contributed by atoms with Crippen molar-refractivity contribution in [1.82, 2.24) is 24.9 Å². The maximum Gasteiger partial charge on any atom is 0.277 e. The molecule has 0 atom stereocenters. The van der Waals surface area contributed by atoms with Gasteiger partial charge in [0.15, 0.2) is 17.3 Å². The minimum atomic E-state index is -0.407. The van der Waals surface area contributed by atoms with E-state index >= 15 is 0 Å². The number of aryl methyl sites for hydroxylation is 2. The van der Waals surface area contributed by atoms with Gasteiger partial charge in [-0.05, 0) is 56.3 Å². The van der Waals surface area contributed by atoms with Crippen LogP contribution in [-0.2, 0) is 0 Å². The van der Waals surface area contributed by atoms with Crippen LogP contribution in [0.15, 0.2) is 76.1 Å². The van der Waals surface area contributed by atoms with E-state index in [1.54, 1.807) is 47.1 Å². The number of anilines is 1. The number of ether oxygens (including phenoxy) is 1. The van der Waals surface area contributed by atoms with Crippen molar-refractivity contribution in [3.63, 3.8) is 0 Å². The van der Waals surface area contributed by atoms with E-state index in [2.05, 4.69) is 25.5 Å². The van der Waals surface area contributed by atoms with Crippen LogP contribution in [0.5, 0.6) is 11.6 Å².